The number of aromatic nitrogens is 1. The highest BCUT2D eigenvalue weighted by Crippen LogP contribution is 2.25. The Balaban J connectivity index is 2.50. The van der Waals surface area contributed by atoms with Crippen LogP contribution in [-0.2, 0) is 6.54 Å². The molecule has 0 radical (unpaired) electrons. The molecule has 98 valence electrons. The minimum Gasteiger partial charge on any atom is -0.384 e. The SMILES string of the molecule is Cc1c(C#N)c(N)n(Cc2cc(F)ccc2F)c1C. The first-order chi connectivity index (χ1) is 8.95. The van der Waals surface area contributed by atoms with Crippen molar-refractivity contribution in [1.29, 1.82) is 5.26 Å². The summed E-state index contributed by atoms with van der Waals surface area (Å²) in [5, 5.41) is 9.02. The Morgan fingerprint density at radius 2 is 2.00 bits per heavy atom. The second kappa shape index (κ2) is 4.73. The lowest BCUT2D eigenvalue weighted by atomic mass is 10.2. The number of halogens is 2. The van der Waals surface area contributed by atoms with Gasteiger partial charge in [0.2, 0.25) is 0 Å². The van der Waals surface area contributed by atoms with Crippen LogP contribution in [0, 0.1) is 36.8 Å². The molecule has 2 aromatic rings. The van der Waals surface area contributed by atoms with E-state index in [0.717, 1.165) is 29.5 Å². The van der Waals surface area contributed by atoms with Crippen LogP contribution in [0.2, 0.25) is 0 Å². The number of nitrogens with two attached hydrogens (primary N) is 1. The van der Waals surface area contributed by atoms with E-state index in [1.165, 1.54) is 0 Å². The molecular formula is C14H13F2N3. The highest BCUT2D eigenvalue weighted by Gasteiger charge is 2.16. The molecular weight excluding hydrogens is 248 g/mol. The first kappa shape index (κ1) is 13.1. The zero-order valence-corrected chi connectivity index (χ0v) is 10.7. The molecule has 2 N–H and O–H groups in total. The highest BCUT2D eigenvalue weighted by atomic mass is 19.1. The third-order valence-electron chi connectivity index (χ3n) is 3.32. The standard InChI is InChI=1S/C14H13F2N3/c1-8-9(2)19(14(18)12(8)6-17)7-10-5-11(15)3-4-13(10)16/h3-5H,7,18H2,1-2H3. The van der Waals surface area contributed by atoms with Crippen LogP contribution in [0.25, 0.3) is 0 Å². The summed E-state index contributed by atoms with van der Waals surface area (Å²) in [6.07, 6.45) is 0. The molecule has 0 atom stereocenters. The molecule has 0 saturated carbocycles. The van der Waals surface area contributed by atoms with Gasteiger partial charge in [-0.05, 0) is 37.6 Å². The van der Waals surface area contributed by atoms with E-state index < -0.39 is 11.6 Å². The average molecular weight is 261 g/mol. The van der Waals surface area contributed by atoms with E-state index in [2.05, 4.69) is 0 Å². The summed E-state index contributed by atoms with van der Waals surface area (Å²) in [6.45, 7) is 3.68. The Hall–Kier alpha value is -2.35. The maximum atomic E-state index is 13.6. The molecule has 1 aromatic heterocycles. The zero-order chi connectivity index (χ0) is 14.2. The lowest BCUT2D eigenvalue weighted by Gasteiger charge is -2.10. The topological polar surface area (TPSA) is 54.7 Å². The van der Waals surface area contributed by atoms with Crippen molar-refractivity contribution in [2.75, 3.05) is 5.73 Å². The number of rotatable bonds is 2. The van der Waals surface area contributed by atoms with Crippen LogP contribution in [0.3, 0.4) is 0 Å². The molecule has 0 aliphatic carbocycles. The van der Waals surface area contributed by atoms with E-state index in [1.54, 1.807) is 18.4 Å². The Morgan fingerprint density at radius 3 is 2.58 bits per heavy atom. The summed E-state index contributed by atoms with van der Waals surface area (Å²) < 4.78 is 28.4. The minimum absolute atomic E-state index is 0.101. The molecule has 3 nitrogen and oxygen atoms in total. The number of nitrogens with zero attached hydrogens (tertiary/aromatic N) is 2. The van der Waals surface area contributed by atoms with Gasteiger partial charge >= 0.3 is 0 Å². The van der Waals surface area contributed by atoms with Crippen LogP contribution in [0.5, 0.6) is 0 Å². The largest absolute Gasteiger partial charge is 0.384 e. The van der Waals surface area contributed by atoms with Crippen molar-refractivity contribution >= 4 is 5.82 Å². The smallest absolute Gasteiger partial charge is 0.128 e. The summed E-state index contributed by atoms with van der Waals surface area (Å²) in [5.41, 5.74) is 8.00. The molecule has 19 heavy (non-hydrogen) atoms. The zero-order valence-electron chi connectivity index (χ0n) is 10.7. The molecule has 0 saturated heterocycles. The fraction of sp³-hybridized carbons (Fsp3) is 0.214. The van der Waals surface area contributed by atoms with Gasteiger partial charge in [-0.15, -0.1) is 0 Å². The van der Waals surface area contributed by atoms with Gasteiger partial charge in [0.25, 0.3) is 0 Å². The normalized spacial score (nSPS) is 10.5. The summed E-state index contributed by atoms with van der Waals surface area (Å²) >= 11 is 0. The molecule has 0 aliphatic heterocycles. The number of anilines is 1. The number of nitrogen functional groups attached to an aromatic ring is 1. The molecule has 2 rings (SSSR count). The Bertz CT molecular complexity index is 681. The highest BCUT2D eigenvalue weighted by molar-refractivity contribution is 5.58. The van der Waals surface area contributed by atoms with Crippen molar-refractivity contribution in [2.45, 2.75) is 20.4 Å². The monoisotopic (exact) mass is 261 g/mol. The predicted octanol–water partition coefficient (Wildman–Crippen LogP) is 2.89. The van der Waals surface area contributed by atoms with Gasteiger partial charge in [-0.2, -0.15) is 5.26 Å². The van der Waals surface area contributed by atoms with Crippen molar-refractivity contribution in [3.8, 4) is 6.07 Å². The van der Waals surface area contributed by atoms with Crippen LogP contribution in [-0.4, -0.2) is 4.57 Å². The van der Waals surface area contributed by atoms with E-state index >= 15 is 0 Å². The van der Waals surface area contributed by atoms with Gasteiger partial charge in [-0.1, -0.05) is 0 Å². The van der Waals surface area contributed by atoms with Crippen molar-refractivity contribution in [3.05, 3.63) is 52.2 Å². The molecule has 0 unspecified atom stereocenters. The lowest BCUT2D eigenvalue weighted by Crippen LogP contribution is -2.08. The van der Waals surface area contributed by atoms with E-state index in [1.807, 2.05) is 6.07 Å². The maximum Gasteiger partial charge on any atom is 0.128 e. The van der Waals surface area contributed by atoms with Crippen molar-refractivity contribution < 1.29 is 8.78 Å². The Labute approximate surface area is 109 Å². The van der Waals surface area contributed by atoms with E-state index in [9.17, 15) is 8.78 Å². The summed E-state index contributed by atoms with van der Waals surface area (Å²) in [7, 11) is 0. The van der Waals surface area contributed by atoms with Crippen LogP contribution in [0.4, 0.5) is 14.6 Å². The minimum atomic E-state index is -0.503. The molecule has 1 heterocycles. The van der Waals surface area contributed by atoms with Gasteiger partial charge < -0.3 is 10.3 Å². The predicted molar refractivity (Wildman–Crippen MR) is 68.5 cm³/mol. The van der Waals surface area contributed by atoms with Gasteiger partial charge in [0.15, 0.2) is 0 Å². The second-order valence-corrected chi connectivity index (χ2v) is 4.40. The van der Waals surface area contributed by atoms with Crippen molar-refractivity contribution in [2.24, 2.45) is 0 Å². The van der Waals surface area contributed by atoms with Gasteiger partial charge in [-0.25, -0.2) is 8.78 Å². The number of benzene rings is 1. The fourth-order valence-corrected chi connectivity index (χ4v) is 2.07. The number of hydrogen-bond acceptors (Lipinski definition) is 2. The molecule has 1 aromatic carbocycles. The second-order valence-electron chi connectivity index (χ2n) is 4.40. The lowest BCUT2D eigenvalue weighted by molar-refractivity contribution is 0.576. The van der Waals surface area contributed by atoms with Crippen molar-refractivity contribution in [1.82, 2.24) is 4.57 Å². The van der Waals surface area contributed by atoms with E-state index in [0.29, 0.717) is 5.56 Å². The molecule has 0 spiro atoms. The summed E-state index contributed by atoms with van der Waals surface area (Å²) in [6, 6.07) is 5.30. The van der Waals surface area contributed by atoms with Gasteiger partial charge in [0.1, 0.15) is 23.5 Å². The van der Waals surface area contributed by atoms with Gasteiger partial charge in [0.05, 0.1) is 12.1 Å². The van der Waals surface area contributed by atoms with Gasteiger partial charge in [0, 0.05) is 11.3 Å². The van der Waals surface area contributed by atoms with Crippen molar-refractivity contribution in [3.63, 3.8) is 0 Å². The number of nitriles is 1. The first-order valence-electron chi connectivity index (χ1n) is 5.75. The molecule has 5 heteroatoms. The quantitative estimate of drug-likeness (QED) is 0.903. The van der Waals surface area contributed by atoms with Crippen LogP contribution in [0.15, 0.2) is 18.2 Å². The van der Waals surface area contributed by atoms with Crippen LogP contribution in [0.1, 0.15) is 22.4 Å². The Kier molecular flexibility index (Phi) is 3.26. The molecule has 0 fully saturated rings. The number of hydrogen-bond donors (Lipinski definition) is 1. The molecule has 0 bridgehead atoms. The maximum absolute atomic E-state index is 13.6. The Morgan fingerprint density at radius 1 is 1.32 bits per heavy atom. The fourth-order valence-electron chi connectivity index (χ4n) is 2.07. The average Bonchev–Trinajstić information content (AvgIpc) is 2.57. The summed E-state index contributed by atoms with van der Waals surface area (Å²) in [4.78, 5) is 0. The van der Waals surface area contributed by atoms with Gasteiger partial charge in [-0.3, -0.25) is 0 Å². The molecule has 0 amide bonds. The third kappa shape index (κ3) is 2.17. The molecule has 0 aliphatic rings. The van der Waals surface area contributed by atoms with Crippen LogP contribution < -0.4 is 5.73 Å². The van der Waals surface area contributed by atoms with Crippen LogP contribution >= 0.6 is 0 Å². The first-order valence-corrected chi connectivity index (χ1v) is 5.75. The van der Waals surface area contributed by atoms with E-state index in [-0.39, 0.29) is 17.9 Å². The third-order valence-corrected chi connectivity index (χ3v) is 3.32. The summed E-state index contributed by atoms with van der Waals surface area (Å²) in [5.74, 6) is -0.719. The van der Waals surface area contributed by atoms with E-state index in [4.69, 9.17) is 11.0 Å².